The fraction of sp³-hybridized carbons (Fsp3) is 0.619. The molecule has 1 aromatic rings. The first-order valence-corrected chi connectivity index (χ1v) is 9.88. The minimum Gasteiger partial charge on any atom is -0.410 e. The van der Waals surface area contributed by atoms with Crippen LogP contribution in [0.5, 0.6) is 5.75 Å². The summed E-state index contributed by atoms with van der Waals surface area (Å²) >= 11 is 0. The normalized spacial score (nSPS) is 31.5. The van der Waals surface area contributed by atoms with Gasteiger partial charge in [0.2, 0.25) is 5.91 Å². The first-order valence-electron chi connectivity index (χ1n) is 9.88. The molecule has 2 N–H and O–H groups in total. The number of hydrogen-bond donors (Lipinski definition) is 2. The van der Waals surface area contributed by atoms with Crippen LogP contribution in [0, 0.1) is 23.2 Å². The van der Waals surface area contributed by atoms with Crippen LogP contribution in [-0.4, -0.2) is 25.1 Å². The molecule has 4 saturated carbocycles. The van der Waals surface area contributed by atoms with Crippen molar-refractivity contribution in [1.29, 1.82) is 0 Å². The van der Waals surface area contributed by atoms with Crippen LogP contribution in [-0.2, 0) is 4.79 Å². The molecule has 5 heteroatoms. The molecule has 0 aromatic heterocycles. The van der Waals surface area contributed by atoms with E-state index in [0.29, 0.717) is 25.3 Å². The first-order chi connectivity index (χ1) is 12.6. The lowest BCUT2D eigenvalue weighted by atomic mass is 9.49. The summed E-state index contributed by atoms with van der Waals surface area (Å²) in [5.41, 5.74) is 0.262. The number of amides is 2. The Balaban J connectivity index is 1.16. The van der Waals surface area contributed by atoms with E-state index >= 15 is 0 Å². The van der Waals surface area contributed by atoms with Gasteiger partial charge in [-0.25, -0.2) is 4.79 Å². The summed E-state index contributed by atoms with van der Waals surface area (Å²) in [5.74, 6) is 3.23. The number of para-hydroxylation sites is 1. The van der Waals surface area contributed by atoms with Crippen LogP contribution in [0.25, 0.3) is 0 Å². The van der Waals surface area contributed by atoms with Gasteiger partial charge >= 0.3 is 6.09 Å². The van der Waals surface area contributed by atoms with Gasteiger partial charge in [0.1, 0.15) is 5.75 Å². The summed E-state index contributed by atoms with van der Waals surface area (Å²) in [7, 11) is 0. The van der Waals surface area contributed by atoms with Crippen LogP contribution in [0.2, 0.25) is 0 Å². The zero-order valence-electron chi connectivity index (χ0n) is 15.2. The van der Waals surface area contributed by atoms with Crippen molar-refractivity contribution < 1.29 is 14.3 Å². The van der Waals surface area contributed by atoms with Crippen molar-refractivity contribution in [3.63, 3.8) is 0 Å². The molecule has 0 aliphatic heterocycles. The third-order valence-corrected chi connectivity index (χ3v) is 6.37. The molecule has 4 fully saturated rings. The predicted octanol–water partition coefficient (Wildman–Crippen LogP) is 3.50. The van der Waals surface area contributed by atoms with Crippen molar-refractivity contribution in [3.8, 4) is 5.75 Å². The molecular formula is C21H28N2O3. The van der Waals surface area contributed by atoms with E-state index in [4.69, 9.17) is 4.74 Å². The van der Waals surface area contributed by atoms with E-state index in [-0.39, 0.29) is 11.3 Å². The Labute approximate surface area is 154 Å². The third kappa shape index (κ3) is 4.02. The maximum absolute atomic E-state index is 12.4. The summed E-state index contributed by atoms with van der Waals surface area (Å²) in [6.45, 7) is 0.813. The molecule has 0 spiro atoms. The fourth-order valence-corrected chi connectivity index (χ4v) is 5.91. The Hall–Kier alpha value is -2.04. The van der Waals surface area contributed by atoms with Gasteiger partial charge in [-0.3, -0.25) is 4.79 Å². The highest BCUT2D eigenvalue weighted by Gasteiger charge is 2.51. The molecule has 4 aliphatic carbocycles. The van der Waals surface area contributed by atoms with Gasteiger partial charge in [0.15, 0.2) is 0 Å². The van der Waals surface area contributed by atoms with Crippen molar-refractivity contribution in [2.24, 2.45) is 23.2 Å². The van der Waals surface area contributed by atoms with E-state index in [1.54, 1.807) is 12.1 Å². The lowest BCUT2D eigenvalue weighted by Crippen LogP contribution is -2.48. The van der Waals surface area contributed by atoms with Gasteiger partial charge in [0.05, 0.1) is 0 Å². The smallest absolute Gasteiger partial charge is 0.410 e. The average molecular weight is 356 g/mol. The topological polar surface area (TPSA) is 67.4 Å². The van der Waals surface area contributed by atoms with Gasteiger partial charge in [-0.1, -0.05) is 18.2 Å². The number of benzene rings is 1. The highest BCUT2D eigenvalue weighted by molar-refractivity contribution is 5.77. The minimum absolute atomic E-state index is 0.130. The molecule has 26 heavy (non-hydrogen) atoms. The van der Waals surface area contributed by atoms with E-state index in [9.17, 15) is 9.59 Å². The minimum atomic E-state index is -0.494. The highest BCUT2D eigenvalue weighted by atomic mass is 16.6. The molecule has 0 atom stereocenters. The lowest BCUT2D eigenvalue weighted by Gasteiger charge is -2.56. The molecule has 2 amide bonds. The van der Waals surface area contributed by atoms with Crippen LogP contribution >= 0.6 is 0 Å². The van der Waals surface area contributed by atoms with Gasteiger partial charge in [0, 0.05) is 19.5 Å². The molecule has 140 valence electrons. The number of carbonyl (C=O) groups is 2. The maximum Gasteiger partial charge on any atom is 0.412 e. The summed E-state index contributed by atoms with van der Waals surface area (Å²) in [5, 5.41) is 5.64. The van der Waals surface area contributed by atoms with Crippen molar-refractivity contribution >= 4 is 12.0 Å². The van der Waals surface area contributed by atoms with E-state index in [0.717, 1.165) is 17.8 Å². The molecule has 0 heterocycles. The van der Waals surface area contributed by atoms with Crippen LogP contribution in [0.15, 0.2) is 30.3 Å². The predicted molar refractivity (Wildman–Crippen MR) is 98.7 cm³/mol. The van der Waals surface area contributed by atoms with E-state index < -0.39 is 6.09 Å². The Kier molecular flexibility index (Phi) is 4.88. The Morgan fingerprint density at radius 1 is 0.923 bits per heavy atom. The maximum atomic E-state index is 12.4. The quantitative estimate of drug-likeness (QED) is 0.767. The van der Waals surface area contributed by atoms with Crippen molar-refractivity contribution in [2.45, 2.75) is 44.9 Å². The van der Waals surface area contributed by atoms with Crippen molar-refractivity contribution in [1.82, 2.24) is 10.6 Å². The molecule has 0 unspecified atom stereocenters. The second kappa shape index (κ2) is 7.29. The van der Waals surface area contributed by atoms with Crippen LogP contribution < -0.4 is 15.4 Å². The molecule has 5 rings (SSSR count). The van der Waals surface area contributed by atoms with Gasteiger partial charge in [-0.15, -0.1) is 0 Å². The molecule has 5 nitrogen and oxygen atoms in total. The Bertz CT molecular complexity index is 623. The van der Waals surface area contributed by atoms with E-state index in [2.05, 4.69) is 10.6 Å². The van der Waals surface area contributed by atoms with Crippen LogP contribution in [0.4, 0.5) is 4.79 Å². The molecule has 0 radical (unpaired) electrons. The van der Waals surface area contributed by atoms with Gasteiger partial charge in [-0.2, -0.15) is 0 Å². The molecule has 4 aliphatic rings. The van der Waals surface area contributed by atoms with Gasteiger partial charge < -0.3 is 15.4 Å². The van der Waals surface area contributed by atoms with Crippen LogP contribution in [0.1, 0.15) is 44.9 Å². The third-order valence-electron chi connectivity index (χ3n) is 6.37. The van der Waals surface area contributed by atoms with Gasteiger partial charge in [-0.05, 0) is 73.8 Å². The second-order valence-electron chi connectivity index (χ2n) is 8.57. The summed E-state index contributed by atoms with van der Waals surface area (Å²) in [6.07, 6.45) is 8.09. The summed E-state index contributed by atoms with van der Waals surface area (Å²) < 4.78 is 5.15. The second-order valence-corrected chi connectivity index (χ2v) is 8.57. The van der Waals surface area contributed by atoms with Crippen LogP contribution in [0.3, 0.4) is 0 Å². The highest BCUT2D eigenvalue weighted by Crippen LogP contribution is 2.61. The first kappa shape index (κ1) is 17.4. The van der Waals surface area contributed by atoms with Gasteiger partial charge in [0.25, 0.3) is 0 Å². The SMILES string of the molecule is O=C(CC12CC3CC(CC(C3)C1)C2)NCCNC(=O)Oc1ccccc1. The fourth-order valence-electron chi connectivity index (χ4n) is 5.91. The van der Waals surface area contributed by atoms with E-state index in [1.807, 2.05) is 18.2 Å². The van der Waals surface area contributed by atoms with Crippen molar-refractivity contribution in [3.05, 3.63) is 30.3 Å². The van der Waals surface area contributed by atoms with E-state index in [1.165, 1.54) is 38.5 Å². The zero-order chi connectivity index (χ0) is 18.0. The van der Waals surface area contributed by atoms with Crippen molar-refractivity contribution in [2.75, 3.05) is 13.1 Å². The Morgan fingerprint density at radius 2 is 1.50 bits per heavy atom. The molecule has 4 bridgehead atoms. The number of nitrogens with one attached hydrogen (secondary N) is 2. The lowest BCUT2D eigenvalue weighted by molar-refractivity contribution is -0.129. The number of ether oxygens (including phenoxy) is 1. The number of carbonyl (C=O) groups excluding carboxylic acids is 2. The summed E-state index contributed by atoms with van der Waals surface area (Å²) in [4.78, 5) is 24.1. The molecular weight excluding hydrogens is 328 g/mol. The average Bonchev–Trinajstić information content (AvgIpc) is 2.58. The Morgan fingerprint density at radius 3 is 2.12 bits per heavy atom. The number of hydrogen-bond acceptors (Lipinski definition) is 3. The molecule has 0 saturated heterocycles. The summed E-state index contributed by atoms with van der Waals surface area (Å²) in [6, 6.07) is 8.95. The number of rotatable bonds is 6. The monoisotopic (exact) mass is 356 g/mol. The molecule has 1 aromatic carbocycles. The zero-order valence-corrected chi connectivity index (χ0v) is 15.2. The largest absolute Gasteiger partial charge is 0.412 e. The standard InChI is InChI=1S/C21H28N2O3/c24-19(14-21-11-15-8-16(12-21)10-17(9-15)13-21)22-6-7-23-20(25)26-18-4-2-1-3-5-18/h1-5,15-17H,6-14H2,(H,22,24)(H,23,25).